The van der Waals surface area contributed by atoms with E-state index in [4.69, 9.17) is 14.2 Å². The minimum absolute atomic E-state index is 0.120. The molecule has 3 fully saturated rings. The Bertz CT molecular complexity index is 2070. The van der Waals surface area contributed by atoms with Crippen molar-refractivity contribution >= 4 is 43.5 Å². The second kappa shape index (κ2) is 14.0. The Kier molecular flexibility index (Phi) is 9.28. The van der Waals surface area contributed by atoms with Gasteiger partial charge in [0.1, 0.15) is 13.2 Å². The van der Waals surface area contributed by atoms with Crippen LogP contribution in [0.15, 0.2) is 79.0 Å². The quantitative estimate of drug-likeness (QED) is 0.205. The molecule has 14 nitrogen and oxygen atoms in total. The molecule has 4 aliphatic rings. The van der Waals surface area contributed by atoms with Gasteiger partial charge in [-0.1, -0.05) is 54.6 Å². The first-order chi connectivity index (χ1) is 26.0. The van der Waals surface area contributed by atoms with E-state index in [1.165, 1.54) is 0 Å². The lowest BCUT2D eigenvalue weighted by Gasteiger charge is -2.32. The van der Waals surface area contributed by atoms with E-state index in [0.29, 0.717) is 61.0 Å². The summed E-state index contributed by atoms with van der Waals surface area (Å²) in [6.07, 6.45) is 0.900. The number of aromatic nitrogens is 3. The number of fused-ring (bicyclic) bond motifs is 2. The van der Waals surface area contributed by atoms with Crippen LogP contribution in [-0.4, -0.2) is 90.3 Å². The minimum Gasteiger partial charge on any atom is -0.447 e. The van der Waals surface area contributed by atoms with Crippen LogP contribution in [0.25, 0.3) is 0 Å². The topological polar surface area (TPSA) is 160 Å². The number of anilines is 3. The van der Waals surface area contributed by atoms with Gasteiger partial charge in [0.15, 0.2) is 13.9 Å². The smallest absolute Gasteiger partial charge is 0.414 e. The van der Waals surface area contributed by atoms with E-state index < -0.39 is 38.1 Å². The fraction of sp³-hybridized carbons (Fsp3) is 0.410. The maximum atomic E-state index is 15.1. The molecule has 4 aliphatic heterocycles. The summed E-state index contributed by atoms with van der Waals surface area (Å²) in [5.74, 6) is -1.01. The van der Waals surface area contributed by atoms with Crippen LogP contribution in [0, 0.1) is 5.92 Å². The zero-order valence-electron chi connectivity index (χ0n) is 30.5. The van der Waals surface area contributed by atoms with E-state index in [9.17, 15) is 19.5 Å². The molecule has 0 radical (unpaired) electrons. The van der Waals surface area contributed by atoms with Crippen LogP contribution in [0.5, 0.6) is 0 Å². The first-order valence-corrected chi connectivity index (χ1v) is 21.4. The van der Waals surface area contributed by atoms with Gasteiger partial charge in [0.05, 0.1) is 49.6 Å². The first-order valence-electron chi connectivity index (χ1n) is 18.4. The largest absolute Gasteiger partial charge is 0.447 e. The molecule has 3 saturated heterocycles. The van der Waals surface area contributed by atoms with E-state index >= 15 is 4.79 Å². The highest BCUT2D eigenvalue weighted by Gasteiger charge is 2.66. The molecule has 5 atom stereocenters. The van der Waals surface area contributed by atoms with Crippen molar-refractivity contribution in [3.8, 4) is 0 Å². The molecule has 1 unspecified atom stereocenters. The molecule has 2 N–H and O–H groups in total. The van der Waals surface area contributed by atoms with Crippen molar-refractivity contribution in [1.29, 1.82) is 0 Å². The number of carbonyl (C=O) groups excluding carboxylic acids is 3. The number of rotatable bonds is 11. The van der Waals surface area contributed by atoms with Crippen LogP contribution >= 0.6 is 0 Å². The molecular weight excluding hydrogens is 709 g/mol. The van der Waals surface area contributed by atoms with Crippen LogP contribution in [0.2, 0.25) is 18.6 Å². The second-order valence-corrected chi connectivity index (χ2v) is 19.0. The molecule has 282 valence electrons. The summed E-state index contributed by atoms with van der Waals surface area (Å²) < 4.78 is 19.2. The average Bonchev–Trinajstić information content (AvgIpc) is 3.99. The Morgan fingerprint density at radius 3 is 2.28 bits per heavy atom. The number of aryl methyl sites for hydroxylation is 1. The van der Waals surface area contributed by atoms with Gasteiger partial charge in [-0.05, 0) is 61.0 Å². The van der Waals surface area contributed by atoms with Gasteiger partial charge in [-0.25, -0.2) is 9.59 Å². The summed E-state index contributed by atoms with van der Waals surface area (Å²) in [7, 11) is -2.98. The summed E-state index contributed by atoms with van der Waals surface area (Å²) in [6.45, 7) is 7.64. The first kappa shape index (κ1) is 35.9. The SMILES string of the molecule is C[C@@H]1[C@@H]([Si](C)(C)O)[C@H](CCn2cc(C(CO)c3ccccc3)nn2)O[C@@]12C(=O)N(Cc1cccc(N3CCOC3=O)c1)c1ccc(N3CCOC3=O)cc12. The highest BCUT2D eigenvalue weighted by atomic mass is 28.4. The fourth-order valence-electron chi connectivity index (χ4n) is 8.82. The van der Waals surface area contributed by atoms with Crippen LogP contribution < -0.4 is 14.7 Å². The lowest BCUT2D eigenvalue weighted by atomic mass is 9.82. The Morgan fingerprint density at radius 1 is 0.926 bits per heavy atom. The van der Waals surface area contributed by atoms with Gasteiger partial charge < -0.3 is 29.0 Å². The number of amides is 3. The Morgan fingerprint density at radius 2 is 1.63 bits per heavy atom. The van der Waals surface area contributed by atoms with Crippen molar-refractivity contribution in [2.75, 3.05) is 47.6 Å². The van der Waals surface area contributed by atoms with E-state index in [0.717, 1.165) is 11.1 Å². The third-order valence-corrected chi connectivity index (χ3v) is 13.8. The van der Waals surface area contributed by atoms with Crippen LogP contribution in [0.4, 0.5) is 26.7 Å². The van der Waals surface area contributed by atoms with Crippen LogP contribution in [-0.2, 0) is 37.7 Å². The number of nitrogens with zero attached hydrogens (tertiary/aromatic N) is 6. The molecule has 1 spiro atoms. The Labute approximate surface area is 314 Å². The number of cyclic esters (lactones) is 2. The van der Waals surface area contributed by atoms with Crippen LogP contribution in [0.3, 0.4) is 0 Å². The van der Waals surface area contributed by atoms with Gasteiger partial charge in [-0.2, -0.15) is 0 Å². The molecule has 8 rings (SSSR count). The molecule has 0 bridgehead atoms. The number of hydrogen-bond acceptors (Lipinski definition) is 10. The molecule has 0 saturated carbocycles. The predicted molar refractivity (Wildman–Crippen MR) is 201 cm³/mol. The number of aliphatic hydroxyl groups is 1. The second-order valence-electron chi connectivity index (χ2n) is 15.0. The molecule has 54 heavy (non-hydrogen) atoms. The summed E-state index contributed by atoms with van der Waals surface area (Å²) >= 11 is 0. The van der Waals surface area contributed by atoms with E-state index in [1.54, 1.807) is 19.4 Å². The average molecular weight is 753 g/mol. The summed E-state index contributed by atoms with van der Waals surface area (Å²) in [5, 5.41) is 19.0. The zero-order valence-corrected chi connectivity index (χ0v) is 31.5. The Hall–Kier alpha value is -5.09. The van der Waals surface area contributed by atoms with E-state index in [1.807, 2.05) is 99.0 Å². The monoisotopic (exact) mass is 752 g/mol. The van der Waals surface area contributed by atoms with Gasteiger partial charge in [-0.15, -0.1) is 5.10 Å². The molecule has 1 aromatic heterocycles. The van der Waals surface area contributed by atoms with Crippen molar-refractivity contribution in [2.24, 2.45) is 5.92 Å². The Balaban J connectivity index is 1.13. The lowest BCUT2D eigenvalue weighted by Crippen LogP contribution is -2.46. The highest BCUT2D eigenvalue weighted by Crippen LogP contribution is 2.60. The molecular formula is C39H44N6O8Si. The predicted octanol–water partition coefficient (Wildman–Crippen LogP) is 4.75. The number of ether oxygens (including phenoxy) is 3. The fourth-order valence-corrected chi connectivity index (χ4v) is 11.4. The van der Waals surface area contributed by atoms with Gasteiger partial charge in [0.2, 0.25) is 0 Å². The molecule has 3 aromatic carbocycles. The molecule has 3 amide bonds. The summed E-state index contributed by atoms with van der Waals surface area (Å²) in [5.41, 5.74) is 3.18. The van der Waals surface area contributed by atoms with E-state index in [-0.39, 0.29) is 37.1 Å². The van der Waals surface area contributed by atoms with Gasteiger partial charge in [-0.3, -0.25) is 19.3 Å². The summed E-state index contributed by atoms with van der Waals surface area (Å²) in [4.78, 5) is 56.9. The lowest BCUT2D eigenvalue weighted by molar-refractivity contribution is -0.146. The maximum absolute atomic E-state index is 15.1. The third-order valence-electron chi connectivity index (χ3n) is 11.3. The van der Waals surface area contributed by atoms with Crippen molar-refractivity contribution in [3.05, 3.63) is 101 Å². The maximum Gasteiger partial charge on any atom is 0.414 e. The standard InChI is InChI=1S/C39H44N6O8Si/c1-25-35(54(2,3)50)34(14-15-42-23-32(40-41-42)30(24-46)27-9-5-4-6-10-27)53-39(25)31-21-29(44-17-19-52-38(44)49)12-13-33(31)45(36(39)47)22-26-8-7-11-28(20-26)43-16-18-51-37(43)48/h4-13,20-21,23,25,30,34-35,46,50H,14-19,22,24H2,1-3H3/t25-,30?,34+,35-,39+/m1/s1. The molecule has 0 aliphatic carbocycles. The van der Waals surface area contributed by atoms with Crippen molar-refractivity contribution in [1.82, 2.24) is 15.0 Å². The van der Waals surface area contributed by atoms with Gasteiger partial charge in [0.25, 0.3) is 5.91 Å². The van der Waals surface area contributed by atoms with Crippen LogP contribution in [0.1, 0.15) is 41.6 Å². The number of aliphatic hydroxyl groups excluding tert-OH is 1. The van der Waals surface area contributed by atoms with Gasteiger partial charge >= 0.3 is 12.2 Å². The zero-order chi connectivity index (χ0) is 37.8. The molecule has 4 aromatic rings. The minimum atomic E-state index is -2.98. The molecule has 5 heterocycles. The van der Waals surface area contributed by atoms with Gasteiger partial charge in [0, 0.05) is 41.1 Å². The summed E-state index contributed by atoms with van der Waals surface area (Å²) in [6, 6.07) is 22.7. The van der Waals surface area contributed by atoms with Crippen molar-refractivity contribution < 1.29 is 38.5 Å². The number of hydrogen-bond donors (Lipinski definition) is 2. The number of benzene rings is 3. The third kappa shape index (κ3) is 6.14. The van der Waals surface area contributed by atoms with Crippen molar-refractivity contribution in [2.45, 2.75) is 62.7 Å². The highest BCUT2D eigenvalue weighted by molar-refractivity contribution is 6.71. The van der Waals surface area contributed by atoms with Crippen molar-refractivity contribution in [3.63, 3.8) is 0 Å². The van der Waals surface area contributed by atoms with E-state index in [2.05, 4.69) is 10.3 Å². The normalized spacial score (nSPS) is 24.4. The molecule has 15 heteroatoms. The number of carbonyl (C=O) groups is 3.